The summed E-state index contributed by atoms with van der Waals surface area (Å²) in [5.41, 5.74) is 2.87. The van der Waals surface area contributed by atoms with Gasteiger partial charge in [0.05, 0.1) is 4.47 Å². The zero-order valence-electron chi connectivity index (χ0n) is 8.77. The molecule has 2 N–H and O–H groups in total. The summed E-state index contributed by atoms with van der Waals surface area (Å²) in [5.74, 6) is 1.04. The molecule has 1 aliphatic rings. The molecule has 3 nitrogen and oxygen atoms in total. The molecule has 17 heavy (non-hydrogen) atoms. The predicted molar refractivity (Wildman–Crippen MR) is 67.2 cm³/mol. The molecule has 0 aromatic heterocycles. The number of phenols is 2. The van der Waals surface area contributed by atoms with Gasteiger partial charge in [-0.05, 0) is 39.7 Å². The summed E-state index contributed by atoms with van der Waals surface area (Å²) in [5, 5.41) is 19.0. The number of aromatic hydroxyl groups is 2. The number of rotatable bonds is 0. The van der Waals surface area contributed by atoms with E-state index in [9.17, 15) is 10.2 Å². The van der Waals surface area contributed by atoms with Gasteiger partial charge in [0.15, 0.2) is 0 Å². The molecule has 4 heteroatoms. The van der Waals surface area contributed by atoms with Gasteiger partial charge >= 0.3 is 0 Å². The van der Waals surface area contributed by atoms with Crippen molar-refractivity contribution in [1.29, 1.82) is 0 Å². The largest absolute Gasteiger partial charge is 0.508 e. The molecule has 2 aromatic carbocycles. The Morgan fingerprint density at radius 2 is 1.88 bits per heavy atom. The number of halogens is 1. The van der Waals surface area contributed by atoms with Gasteiger partial charge in [0, 0.05) is 17.2 Å². The Balaban J connectivity index is 2.25. The minimum atomic E-state index is 0.158. The van der Waals surface area contributed by atoms with Crippen LogP contribution in [0.5, 0.6) is 17.2 Å². The van der Waals surface area contributed by atoms with Crippen LogP contribution in [0.1, 0.15) is 5.56 Å². The molecule has 0 saturated heterocycles. The molecule has 86 valence electrons. The summed E-state index contributed by atoms with van der Waals surface area (Å²) in [6.45, 7) is 0.401. The molecule has 0 atom stereocenters. The summed E-state index contributed by atoms with van der Waals surface area (Å²) in [7, 11) is 0. The normalized spacial score (nSPS) is 12.5. The van der Waals surface area contributed by atoms with E-state index in [4.69, 9.17) is 4.74 Å². The Hall–Kier alpha value is -1.68. The van der Waals surface area contributed by atoms with E-state index in [-0.39, 0.29) is 11.5 Å². The number of benzene rings is 2. The third-order valence-electron chi connectivity index (χ3n) is 2.81. The zero-order chi connectivity index (χ0) is 12.0. The Kier molecular flexibility index (Phi) is 2.26. The molecule has 0 fully saturated rings. The Morgan fingerprint density at radius 3 is 2.71 bits per heavy atom. The van der Waals surface area contributed by atoms with Gasteiger partial charge in [-0.3, -0.25) is 0 Å². The summed E-state index contributed by atoms with van der Waals surface area (Å²) in [4.78, 5) is 0. The van der Waals surface area contributed by atoms with Crippen molar-refractivity contribution in [2.75, 3.05) is 0 Å². The maximum atomic E-state index is 9.60. The van der Waals surface area contributed by atoms with E-state index in [0.29, 0.717) is 16.8 Å². The average Bonchev–Trinajstić information content (AvgIpc) is 2.30. The Morgan fingerprint density at radius 1 is 1.06 bits per heavy atom. The van der Waals surface area contributed by atoms with Gasteiger partial charge in [-0.25, -0.2) is 0 Å². The lowest BCUT2D eigenvalue weighted by Gasteiger charge is -2.21. The van der Waals surface area contributed by atoms with E-state index in [2.05, 4.69) is 15.9 Å². The lowest BCUT2D eigenvalue weighted by Crippen LogP contribution is -2.05. The molecule has 0 amide bonds. The zero-order valence-corrected chi connectivity index (χ0v) is 10.4. The topological polar surface area (TPSA) is 49.7 Å². The lowest BCUT2D eigenvalue weighted by atomic mass is 9.97. The van der Waals surface area contributed by atoms with Crippen LogP contribution >= 0.6 is 15.9 Å². The molecular weight excluding hydrogens is 284 g/mol. The highest BCUT2D eigenvalue weighted by Gasteiger charge is 2.19. The van der Waals surface area contributed by atoms with Gasteiger partial charge in [-0.15, -0.1) is 0 Å². The maximum Gasteiger partial charge on any atom is 0.133 e. The monoisotopic (exact) mass is 292 g/mol. The Labute approximate surface area is 106 Å². The van der Waals surface area contributed by atoms with Crippen LogP contribution < -0.4 is 4.74 Å². The first kappa shape index (κ1) is 10.5. The summed E-state index contributed by atoms with van der Waals surface area (Å²) < 4.78 is 6.17. The van der Waals surface area contributed by atoms with E-state index >= 15 is 0 Å². The van der Waals surface area contributed by atoms with Crippen molar-refractivity contribution in [3.05, 3.63) is 40.4 Å². The molecule has 0 aliphatic carbocycles. The molecular formula is C13H9BrO3. The average molecular weight is 293 g/mol. The summed E-state index contributed by atoms with van der Waals surface area (Å²) >= 11 is 3.29. The van der Waals surface area contributed by atoms with Crippen LogP contribution in [0, 0.1) is 0 Å². The van der Waals surface area contributed by atoms with Crippen molar-refractivity contribution in [2.24, 2.45) is 0 Å². The Bertz CT molecular complexity index is 608. The fraction of sp³-hybridized carbons (Fsp3) is 0.0769. The van der Waals surface area contributed by atoms with Crippen molar-refractivity contribution in [1.82, 2.24) is 0 Å². The molecule has 0 radical (unpaired) electrons. The molecule has 2 aromatic rings. The van der Waals surface area contributed by atoms with Gasteiger partial charge < -0.3 is 14.9 Å². The highest BCUT2D eigenvalue weighted by Crippen LogP contribution is 2.43. The maximum absolute atomic E-state index is 9.60. The number of fused-ring (bicyclic) bond motifs is 3. The van der Waals surface area contributed by atoms with Crippen LogP contribution in [0.15, 0.2) is 34.8 Å². The van der Waals surface area contributed by atoms with Crippen molar-refractivity contribution in [3.8, 4) is 28.4 Å². The van der Waals surface area contributed by atoms with Crippen LogP contribution in [0.4, 0.5) is 0 Å². The number of hydrogen-bond donors (Lipinski definition) is 2. The van der Waals surface area contributed by atoms with E-state index in [1.54, 1.807) is 18.2 Å². The first-order valence-electron chi connectivity index (χ1n) is 5.13. The fourth-order valence-corrected chi connectivity index (χ4v) is 2.33. The fourth-order valence-electron chi connectivity index (χ4n) is 1.99. The number of phenolic OH excluding ortho intramolecular Hbond substituents is 2. The molecule has 0 unspecified atom stereocenters. The van der Waals surface area contributed by atoms with Crippen molar-refractivity contribution < 1.29 is 14.9 Å². The van der Waals surface area contributed by atoms with Crippen LogP contribution in [0.3, 0.4) is 0 Å². The molecule has 0 bridgehead atoms. The van der Waals surface area contributed by atoms with E-state index in [1.165, 1.54) is 0 Å². The minimum absolute atomic E-state index is 0.158. The third-order valence-corrected chi connectivity index (χ3v) is 3.45. The number of hydrogen-bond acceptors (Lipinski definition) is 3. The van der Waals surface area contributed by atoms with Crippen LogP contribution in [0.2, 0.25) is 0 Å². The predicted octanol–water partition coefficient (Wildman–Crippen LogP) is 3.42. The molecule has 0 spiro atoms. The third kappa shape index (κ3) is 1.65. The molecule has 1 aliphatic heterocycles. The lowest BCUT2D eigenvalue weighted by molar-refractivity contribution is 0.299. The smallest absolute Gasteiger partial charge is 0.133 e. The van der Waals surface area contributed by atoms with Crippen molar-refractivity contribution in [3.63, 3.8) is 0 Å². The van der Waals surface area contributed by atoms with Crippen molar-refractivity contribution >= 4 is 15.9 Å². The SMILES string of the molecule is Oc1ccc2c(c1)COc1cc(O)c(Br)cc1-2. The van der Waals surface area contributed by atoms with Crippen LogP contribution in [-0.4, -0.2) is 10.2 Å². The second-order valence-electron chi connectivity index (χ2n) is 3.93. The molecule has 1 heterocycles. The standard InChI is InChI=1S/C13H9BrO3/c14-11-4-10-9-2-1-8(15)3-7(9)6-17-13(10)5-12(11)16/h1-5,15-16H,6H2. The molecule has 0 saturated carbocycles. The first-order chi connectivity index (χ1) is 8.15. The second-order valence-corrected chi connectivity index (χ2v) is 4.78. The molecule has 3 rings (SSSR count). The quantitative estimate of drug-likeness (QED) is 0.782. The van der Waals surface area contributed by atoms with Crippen LogP contribution in [-0.2, 0) is 6.61 Å². The minimum Gasteiger partial charge on any atom is -0.508 e. The van der Waals surface area contributed by atoms with E-state index in [1.807, 2.05) is 12.1 Å². The second kappa shape index (κ2) is 3.67. The van der Waals surface area contributed by atoms with E-state index < -0.39 is 0 Å². The van der Waals surface area contributed by atoms with Crippen LogP contribution in [0.25, 0.3) is 11.1 Å². The van der Waals surface area contributed by atoms with Gasteiger partial charge in [-0.2, -0.15) is 0 Å². The highest BCUT2D eigenvalue weighted by molar-refractivity contribution is 9.10. The number of ether oxygens (including phenoxy) is 1. The van der Waals surface area contributed by atoms with Gasteiger partial charge in [-0.1, -0.05) is 6.07 Å². The van der Waals surface area contributed by atoms with Gasteiger partial charge in [0.25, 0.3) is 0 Å². The summed E-state index contributed by atoms with van der Waals surface area (Å²) in [6, 6.07) is 8.61. The summed E-state index contributed by atoms with van der Waals surface area (Å²) in [6.07, 6.45) is 0. The van der Waals surface area contributed by atoms with E-state index in [0.717, 1.165) is 16.7 Å². The van der Waals surface area contributed by atoms with Gasteiger partial charge in [0.1, 0.15) is 23.9 Å². The van der Waals surface area contributed by atoms with Crippen molar-refractivity contribution in [2.45, 2.75) is 6.61 Å². The van der Waals surface area contributed by atoms with Gasteiger partial charge in [0.2, 0.25) is 0 Å². The first-order valence-corrected chi connectivity index (χ1v) is 5.92. The highest BCUT2D eigenvalue weighted by atomic mass is 79.9.